The van der Waals surface area contributed by atoms with E-state index in [4.69, 9.17) is 9.47 Å². The maximum atomic E-state index is 14.0. The minimum atomic E-state index is -0.531. The quantitative estimate of drug-likeness (QED) is 0.159. The number of aromatic nitrogens is 1. The van der Waals surface area contributed by atoms with Crippen LogP contribution in [0.2, 0.25) is 0 Å². The molecule has 3 heterocycles. The van der Waals surface area contributed by atoms with E-state index >= 15 is 0 Å². The fourth-order valence-electron chi connectivity index (χ4n) is 8.35. The lowest BCUT2D eigenvalue weighted by molar-refractivity contribution is -0.123. The van der Waals surface area contributed by atoms with Crippen molar-refractivity contribution in [3.63, 3.8) is 0 Å². The number of carbonyl (C=O) groups is 4. The van der Waals surface area contributed by atoms with Crippen LogP contribution in [0.15, 0.2) is 81.0 Å². The molecule has 3 amide bonds. The van der Waals surface area contributed by atoms with Crippen LogP contribution >= 0.6 is 39.0 Å². The summed E-state index contributed by atoms with van der Waals surface area (Å²) < 4.78 is 25.7. The molecule has 4 aromatic rings. The molecule has 256 valence electrons. The van der Waals surface area contributed by atoms with Gasteiger partial charge in [0.25, 0.3) is 5.91 Å². The molecule has 1 saturated heterocycles. The molecule has 10 nitrogen and oxygen atoms in total. The van der Waals surface area contributed by atoms with Crippen LogP contribution in [0.1, 0.15) is 40.1 Å². The summed E-state index contributed by atoms with van der Waals surface area (Å²) in [4.78, 5) is 70.5. The van der Waals surface area contributed by atoms with Crippen LogP contribution in [0.5, 0.6) is 5.75 Å². The zero-order chi connectivity index (χ0) is 34.8. The van der Waals surface area contributed by atoms with Crippen molar-refractivity contribution < 1.29 is 33.0 Å². The number of hydrogen-bond donors (Lipinski definition) is 2. The molecule has 3 fully saturated rings. The number of amides is 3. The van der Waals surface area contributed by atoms with Gasteiger partial charge < -0.3 is 19.8 Å². The Morgan fingerprint density at radius 3 is 2.44 bits per heavy atom. The number of nitrogens with zero attached hydrogens (tertiary/aromatic N) is 1. The van der Waals surface area contributed by atoms with E-state index in [0.717, 1.165) is 31.3 Å². The SMILES string of the molecule is CCOC(=O)c1ccc(NC(=O)COc2ccc(Br)cc2[C@@H]2c3sc(=O)[nH]c3S[C@@H]3[C@@H]4C[C@@H]([C@@H]5C(=O)N(c6ccc(F)cc6)C(=O)[C@@H]45)[C@H]23)cc1. The number of benzene rings is 3. The molecular formula is C36H29BrFN3O7S2. The number of carbonyl (C=O) groups excluding carboxylic acids is 4. The number of thioether (sulfide) groups is 1. The second-order valence-electron chi connectivity index (χ2n) is 12.8. The number of aromatic amines is 1. The molecule has 50 heavy (non-hydrogen) atoms. The topological polar surface area (TPSA) is 135 Å². The van der Waals surface area contributed by atoms with Gasteiger partial charge in [-0.2, -0.15) is 0 Å². The largest absolute Gasteiger partial charge is 0.483 e. The molecular weight excluding hydrogens is 749 g/mol. The zero-order valence-corrected chi connectivity index (χ0v) is 29.6. The van der Waals surface area contributed by atoms with E-state index in [-0.39, 0.29) is 58.8 Å². The summed E-state index contributed by atoms with van der Waals surface area (Å²) in [6, 6.07) is 17.3. The van der Waals surface area contributed by atoms with Crippen molar-refractivity contribution in [3.05, 3.63) is 103 Å². The van der Waals surface area contributed by atoms with Crippen LogP contribution in [0.3, 0.4) is 0 Å². The second kappa shape index (κ2) is 12.8. The van der Waals surface area contributed by atoms with Gasteiger partial charge in [0, 0.05) is 31.8 Å². The van der Waals surface area contributed by atoms with Gasteiger partial charge in [-0.15, -0.1) is 11.8 Å². The molecule has 0 radical (unpaired) electrons. The van der Waals surface area contributed by atoms with Crippen LogP contribution < -0.4 is 19.8 Å². The van der Waals surface area contributed by atoms with E-state index in [0.29, 0.717) is 29.1 Å². The number of thiazole rings is 1. The van der Waals surface area contributed by atoms with Crippen LogP contribution in [0.25, 0.3) is 0 Å². The standard InChI is InChI=1S/C36H29BrFN3O7S2/c1-2-47-35(45)16-3-8-19(9-4-16)39-25(42)15-48-24-12-5-17(37)13-21(24)26-27-22-14-23(30(27)49-32-31(26)50-36(46)40-32)29-28(22)33(43)41(34(29)44)20-10-6-18(38)7-11-20/h3-13,22-23,26-30H,2,14-15H2,1H3,(H,39,42)(H,40,46)/t22-,23-,26+,27-,28+,29+,30-/m1/s1. The molecule has 0 spiro atoms. The van der Waals surface area contributed by atoms with Crippen molar-refractivity contribution in [3.8, 4) is 5.75 Å². The van der Waals surface area contributed by atoms with Crippen molar-refractivity contribution >= 4 is 74.1 Å². The van der Waals surface area contributed by atoms with E-state index in [2.05, 4.69) is 26.2 Å². The highest BCUT2D eigenvalue weighted by Gasteiger charge is 2.69. The summed E-state index contributed by atoms with van der Waals surface area (Å²) in [5, 5.41) is 3.48. The molecule has 8 rings (SSSR count). The fraction of sp³-hybridized carbons (Fsp3) is 0.306. The molecule has 2 aliphatic heterocycles. The molecule has 3 aromatic carbocycles. The van der Waals surface area contributed by atoms with Gasteiger partial charge in [0.15, 0.2) is 6.61 Å². The molecule has 1 aromatic heterocycles. The third kappa shape index (κ3) is 5.48. The molecule has 2 bridgehead atoms. The smallest absolute Gasteiger partial charge is 0.338 e. The van der Waals surface area contributed by atoms with Crippen molar-refractivity contribution in [2.24, 2.45) is 29.6 Å². The number of halogens is 2. The number of ether oxygens (including phenoxy) is 2. The molecule has 2 aliphatic carbocycles. The third-order valence-corrected chi connectivity index (χ3v) is 13.2. The summed E-state index contributed by atoms with van der Waals surface area (Å²) in [5.41, 5.74) is 1.99. The first-order valence-electron chi connectivity index (χ1n) is 16.1. The Hall–Kier alpha value is -4.27. The van der Waals surface area contributed by atoms with Crippen molar-refractivity contribution in [2.45, 2.75) is 29.5 Å². The normalized spacial score (nSPS) is 26.0. The number of esters is 1. The lowest BCUT2D eigenvalue weighted by atomic mass is 9.68. The summed E-state index contributed by atoms with van der Waals surface area (Å²) >= 11 is 6.30. The third-order valence-electron chi connectivity index (χ3n) is 10.2. The maximum absolute atomic E-state index is 14.0. The molecule has 14 heteroatoms. The highest BCUT2D eigenvalue weighted by Crippen LogP contribution is 2.69. The number of imide groups is 1. The average molecular weight is 779 g/mol. The van der Waals surface area contributed by atoms with Crippen LogP contribution in [-0.2, 0) is 19.1 Å². The van der Waals surface area contributed by atoms with Crippen LogP contribution in [0, 0.1) is 35.4 Å². The first kappa shape index (κ1) is 32.9. The molecule has 0 unspecified atom stereocenters. The Bertz CT molecular complexity index is 2100. The highest BCUT2D eigenvalue weighted by molar-refractivity contribution is 9.10. The molecule has 7 atom stereocenters. The van der Waals surface area contributed by atoms with E-state index in [1.807, 2.05) is 12.1 Å². The lowest BCUT2D eigenvalue weighted by Gasteiger charge is -2.43. The van der Waals surface area contributed by atoms with Gasteiger partial charge >= 0.3 is 10.8 Å². The Kier molecular flexibility index (Phi) is 8.43. The lowest BCUT2D eigenvalue weighted by Crippen LogP contribution is -2.42. The van der Waals surface area contributed by atoms with Gasteiger partial charge in [0.2, 0.25) is 11.8 Å². The second-order valence-corrected chi connectivity index (χ2v) is 15.9. The van der Waals surface area contributed by atoms with Gasteiger partial charge in [0.1, 0.15) is 11.6 Å². The Morgan fingerprint density at radius 1 is 1.00 bits per heavy atom. The number of fused-ring (bicyclic) bond motifs is 9. The van der Waals surface area contributed by atoms with E-state index in [1.54, 1.807) is 49.0 Å². The summed E-state index contributed by atoms with van der Waals surface area (Å²) in [6.07, 6.45) is 0.698. The van der Waals surface area contributed by atoms with Crippen molar-refractivity contribution in [1.82, 2.24) is 4.98 Å². The molecule has 2 N–H and O–H groups in total. The number of anilines is 2. The van der Waals surface area contributed by atoms with Gasteiger partial charge in [-0.1, -0.05) is 27.3 Å². The minimum absolute atomic E-state index is 0.0540. The van der Waals surface area contributed by atoms with Gasteiger partial charge in [-0.3, -0.25) is 24.1 Å². The number of rotatable bonds is 8. The summed E-state index contributed by atoms with van der Waals surface area (Å²) in [7, 11) is 0. The summed E-state index contributed by atoms with van der Waals surface area (Å²) in [5.74, 6) is -3.09. The Morgan fingerprint density at radius 2 is 1.72 bits per heavy atom. The van der Waals surface area contributed by atoms with Gasteiger partial charge in [-0.05, 0) is 97.8 Å². The number of H-pyrrole nitrogens is 1. The monoisotopic (exact) mass is 777 g/mol. The van der Waals surface area contributed by atoms with Crippen LogP contribution in [0.4, 0.5) is 15.8 Å². The number of nitrogens with one attached hydrogen (secondary N) is 2. The van der Waals surface area contributed by atoms with Crippen molar-refractivity contribution in [2.75, 3.05) is 23.4 Å². The highest BCUT2D eigenvalue weighted by atomic mass is 79.9. The van der Waals surface area contributed by atoms with E-state index in [1.165, 1.54) is 29.2 Å². The maximum Gasteiger partial charge on any atom is 0.338 e. The first-order valence-corrected chi connectivity index (χ1v) is 18.6. The van der Waals surface area contributed by atoms with Crippen LogP contribution in [-0.4, -0.2) is 47.1 Å². The predicted octanol–water partition coefficient (Wildman–Crippen LogP) is 6.21. The van der Waals surface area contributed by atoms with Crippen molar-refractivity contribution in [1.29, 1.82) is 0 Å². The molecule has 2 saturated carbocycles. The fourth-order valence-corrected chi connectivity index (χ4v) is 11.6. The number of hydrogen-bond acceptors (Lipinski definition) is 9. The Labute approximate surface area is 301 Å². The van der Waals surface area contributed by atoms with Gasteiger partial charge in [0.05, 0.1) is 34.7 Å². The minimum Gasteiger partial charge on any atom is -0.483 e. The zero-order valence-electron chi connectivity index (χ0n) is 26.4. The average Bonchev–Trinajstić information content (AvgIpc) is 3.84. The van der Waals surface area contributed by atoms with E-state index in [9.17, 15) is 28.4 Å². The first-order chi connectivity index (χ1) is 24.1. The Balaban J connectivity index is 1.08. The van der Waals surface area contributed by atoms with Gasteiger partial charge in [-0.25, -0.2) is 9.18 Å². The predicted molar refractivity (Wildman–Crippen MR) is 188 cm³/mol. The summed E-state index contributed by atoms with van der Waals surface area (Å²) in [6.45, 7) is 1.68. The van der Waals surface area contributed by atoms with E-state index < -0.39 is 29.5 Å². The molecule has 4 aliphatic rings.